The molecule has 0 spiro atoms. The van der Waals surface area contributed by atoms with Crippen molar-refractivity contribution in [1.82, 2.24) is 9.13 Å². The summed E-state index contributed by atoms with van der Waals surface area (Å²) in [6.45, 7) is 4.40. The van der Waals surface area contributed by atoms with Crippen molar-refractivity contribution in [2.24, 2.45) is 0 Å². The number of fused-ring (bicyclic) bond motifs is 6. The second-order valence-electron chi connectivity index (χ2n) is 14.4. The van der Waals surface area contributed by atoms with Gasteiger partial charge in [0.25, 0.3) is 0 Å². The lowest BCUT2D eigenvalue weighted by Crippen LogP contribution is -1.94. The maximum absolute atomic E-state index is 2.42. The first-order valence-corrected chi connectivity index (χ1v) is 19.1. The third-order valence-electron chi connectivity index (χ3n) is 11.3. The summed E-state index contributed by atoms with van der Waals surface area (Å²) in [7, 11) is 0. The maximum atomic E-state index is 2.42. The van der Waals surface area contributed by atoms with E-state index in [1.165, 1.54) is 99.5 Å². The van der Waals surface area contributed by atoms with Crippen LogP contribution in [-0.4, -0.2) is 9.13 Å². The molecule has 0 saturated heterocycles. The van der Waals surface area contributed by atoms with Crippen molar-refractivity contribution in [3.05, 3.63) is 193 Å². The lowest BCUT2D eigenvalue weighted by atomic mass is 10.0. The first-order chi connectivity index (χ1) is 26.7. The van der Waals surface area contributed by atoms with Gasteiger partial charge in [-0.05, 0) is 118 Å². The molecule has 258 valence electrons. The van der Waals surface area contributed by atoms with Crippen LogP contribution in [0.1, 0.15) is 25.0 Å². The van der Waals surface area contributed by atoms with Gasteiger partial charge in [0.1, 0.15) is 0 Å². The maximum Gasteiger partial charge on any atom is 0.0541 e. The number of hydrogen-bond donors (Lipinski definition) is 0. The fraction of sp³-hybridized carbons (Fsp3) is 0.0769. The van der Waals surface area contributed by atoms with Crippen LogP contribution in [0.25, 0.3) is 88.4 Å². The summed E-state index contributed by atoms with van der Waals surface area (Å²) in [6, 6.07) is 67.4. The molecule has 10 aromatic rings. The number of rotatable bonds is 7. The molecule has 0 fully saturated rings. The normalized spacial score (nSPS) is 11.7. The van der Waals surface area contributed by atoms with Crippen molar-refractivity contribution in [1.29, 1.82) is 0 Å². The van der Waals surface area contributed by atoms with Gasteiger partial charge in [-0.3, -0.25) is 0 Å². The Morgan fingerprint density at radius 2 is 0.704 bits per heavy atom. The Hall–Kier alpha value is -6.64. The highest BCUT2D eigenvalue weighted by Gasteiger charge is 2.16. The van der Waals surface area contributed by atoms with E-state index in [0.717, 1.165) is 12.8 Å². The lowest BCUT2D eigenvalue weighted by molar-refractivity contribution is 1.14. The van der Waals surface area contributed by atoms with Gasteiger partial charge in [0.15, 0.2) is 0 Å². The summed E-state index contributed by atoms with van der Waals surface area (Å²) in [5.74, 6) is 0. The summed E-state index contributed by atoms with van der Waals surface area (Å²) >= 11 is 0. The molecule has 8 aromatic carbocycles. The molecule has 0 aliphatic heterocycles. The molecule has 54 heavy (non-hydrogen) atoms. The number of nitrogens with zero attached hydrogens (tertiary/aromatic N) is 2. The molecule has 0 atom stereocenters. The van der Waals surface area contributed by atoms with Crippen molar-refractivity contribution in [3.63, 3.8) is 0 Å². The Bertz CT molecular complexity index is 2970. The van der Waals surface area contributed by atoms with E-state index in [1.54, 1.807) is 0 Å². The topological polar surface area (TPSA) is 9.86 Å². The van der Waals surface area contributed by atoms with E-state index in [-0.39, 0.29) is 0 Å². The van der Waals surface area contributed by atoms with Gasteiger partial charge >= 0.3 is 0 Å². The van der Waals surface area contributed by atoms with Crippen molar-refractivity contribution in [3.8, 4) is 44.8 Å². The monoisotopic (exact) mass is 692 g/mol. The fourth-order valence-electron chi connectivity index (χ4n) is 8.35. The van der Waals surface area contributed by atoms with Crippen LogP contribution in [0.4, 0.5) is 0 Å². The molecule has 0 N–H and O–H groups in total. The minimum atomic E-state index is 1.05. The van der Waals surface area contributed by atoms with E-state index in [4.69, 9.17) is 0 Å². The lowest BCUT2D eigenvalue weighted by Gasteiger charge is -2.11. The summed E-state index contributed by atoms with van der Waals surface area (Å²) in [6.07, 6.45) is 2.10. The van der Waals surface area contributed by atoms with E-state index in [1.807, 2.05) is 0 Å². The van der Waals surface area contributed by atoms with E-state index in [2.05, 4.69) is 205 Å². The zero-order valence-electron chi connectivity index (χ0n) is 30.6. The van der Waals surface area contributed by atoms with Crippen LogP contribution >= 0.6 is 0 Å². The van der Waals surface area contributed by atoms with Gasteiger partial charge in [-0.25, -0.2) is 0 Å². The van der Waals surface area contributed by atoms with Crippen LogP contribution in [0.15, 0.2) is 182 Å². The van der Waals surface area contributed by atoms with Crippen LogP contribution < -0.4 is 0 Å². The summed E-state index contributed by atoms with van der Waals surface area (Å²) in [5, 5.41) is 5.03. The van der Waals surface area contributed by atoms with Crippen LogP contribution in [0.2, 0.25) is 0 Å². The molecule has 0 bridgehead atoms. The van der Waals surface area contributed by atoms with E-state index in [9.17, 15) is 0 Å². The molecule has 10 rings (SSSR count). The van der Waals surface area contributed by atoms with E-state index in [0.29, 0.717) is 0 Å². The van der Waals surface area contributed by atoms with Crippen LogP contribution in [0.5, 0.6) is 0 Å². The molecule has 2 heteroatoms. The smallest absolute Gasteiger partial charge is 0.0541 e. The third kappa shape index (κ3) is 5.33. The minimum Gasteiger partial charge on any atom is -0.309 e. The number of para-hydroxylation sites is 2. The van der Waals surface area contributed by atoms with Gasteiger partial charge in [0.2, 0.25) is 0 Å². The first-order valence-electron chi connectivity index (χ1n) is 19.1. The van der Waals surface area contributed by atoms with Gasteiger partial charge < -0.3 is 9.13 Å². The van der Waals surface area contributed by atoms with Gasteiger partial charge in [0, 0.05) is 32.9 Å². The Balaban J connectivity index is 1.06. The van der Waals surface area contributed by atoms with Gasteiger partial charge in [0.05, 0.1) is 22.1 Å². The molecular formula is C52H40N2. The molecule has 2 heterocycles. The summed E-state index contributed by atoms with van der Waals surface area (Å²) < 4.78 is 4.82. The molecule has 2 nitrogen and oxygen atoms in total. The molecule has 0 saturated carbocycles. The van der Waals surface area contributed by atoms with E-state index >= 15 is 0 Å². The predicted molar refractivity (Wildman–Crippen MR) is 230 cm³/mol. The van der Waals surface area contributed by atoms with Crippen LogP contribution in [0.3, 0.4) is 0 Å². The van der Waals surface area contributed by atoms with Crippen molar-refractivity contribution >= 4 is 43.6 Å². The predicted octanol–water partition coefficient (Wildman–Crippen LogP) is 14.0. The summed E-state index contributed by atoms with van der Waals surface area (Å²) in [4.78, 5) is 0. The SMILES string of the molecule is CCc1ccc(-c2ccc(-n3c4ccccc4c4cc(-c5ccc6c(c5)c5ccccc5n6-c5cccc(-c6ccc(CC)cc6)c5)ccc43)cc2)cc1. The molecule has 2 aromatic heterocycles. The zero-order valence-corrected chi connectivity index (χ0v) is 30.6. The Kier molecular flexibility index (Phi) is 7.77. The quantitative estimate of drug-likeness (QED) is 0.157. The highest BCUT2D eigenvalue weighted by atomic mass is 15.0. The second kappa shape index (κ2) is 13.1. The zero-order chi connectivity index (χ0) is 36.2. The molecule has 0 amide bonds. The minimum absolute atomic E-state index is 1.05. The first kappa shape index (κ1) is 32.0. The highest BCUT2D eigenvalue weighted by Crippen LogP contribution is 2.39. The number of aryl methyl sites for hydroxylation is 2. The van der Waals surface area contributed by atoms with Crippen molar-refractivity contribution in [2.45, 2.75) is 26.7 Å². The molecular weight excluding hydrogens is 653 g/mol. The average molecular weight is 693 g/mol. The highest BCUT2D eigenvalue weighted by molar-refractivity contribution is 6.12. The molecule has 0 aliphatic carbocycles. The molecule has 0 unspecified atom stereocenters. The Labute approximate surface area is 316 Å². The fourth-order valence-corrected chi connectivity index (χ4v) is 8.35. The number of hydrogen-bond acceptors (Lipinski definition) is 0. The average Bonchev–Trinajstić information content (AvgIpc) is 3.76. The standard InChI is InChI=1S/C52H40N2/c1-3-35-16-20-37(21-17-35)38-24-28-43(29-25-38)53-49-14-7-5-12-45(49)47-33-41(26-30-51(47)53)42-27-31-52-48(34-42)46-13-6-8-15-50(46)54(52)44-11-9-10-40(32-44)39-22-18-36(4-2)19-23-39/h5-34H,3-4H2,1-2H3. The number of aromatic nitrogens is 2. The Morgan fingerprint density at radius 3 is 1.22 bits per heavy atom. The van der Waals surface area contributed by atoms with E-state index < -0.39 is 0 Å². The van der Waals surface area contributed by atoms with Crippen LogP contribution in [0, 0.1) is 0 Å². The van der Waals surface area contributed by atoms with Gasteiger partial charge in [-0.1, -0.05) is 135 Å². The summed E-state index contributed by atoms with van der Waals surface area (Å²) in [5.41, 5.74) is 17.3. The van der Waals surface area contributed by atoms with Crippen molar-refractivity contribution < 1.29 is 0 Å². The largest absolute Gasteiger partial charge is 0.309 e. The third-order valence-corrected chi connectivity index (χ3v) is 11.3. The number of benzene rings is 8. The second-order valence-corrected chi connectivity index (χ2v) is 14.4. The molecule has 0 aliphatic rings. The van der Waals surface area contributed by atoms with Crippen molar-refractivity contribution in [2.75, 3.05) is 0 Å². The van der Waals surface area contributed by atoms with Gasteiger partial charge in [-0.15, -0.1) is 0 Å². The molecule has 0 radical (unpaired) electrons. The van der Waals surface area contributed by atoms with Gasteiger partial charge in [-0.2, -0.15) is 0 Å². The Morgan fingerprint density at radius 1 is 0.296 bits per heavy atom. The van der Waals surface area contributed by atoms with Crippen LogP contribution in [-0.2, 0) is 12.8 Å².